The van der Waals surface area contributed by atoms with Crippen LogP contribution in [0.2, 0.25) is 18.1 Å². The summed E-state index contributed by atoms with van der Waals surface area (Å²) in [6.45, 7) is 11.2. The number of ether oxygens (including phenoxy) is 1. The topological polar surface area (TPSA) is 48.4 Å². The Bertz CT molecular complexity index is 563. The second-order valence-corrected chi connectivity index (χ2v) is 12.3. The molecule has 4 nitrogen and oxygen atoms in total. The Morgan fingerprint density at radius 3 is 2.35 bits per heavy atom. The maximum absolute atomic E-state index is 12.0. The molecule has 0 aromatic carbocycles. The monoisotopic (exact) mass is 333 g/mol. The zero-order valence-electron chi connectivity index (χ0n) is 14.7. The van der Waals surface area contributed by atoms with Crippen LogP contribution in [0.4, 0.5) is 0 Å². The molecule has 5 heteroatoms. The summed E-state index contributed by atoms with van der Waals surface area (Å²) in [5, 5.41) is 0.198. The predicted molar refractivity (Wildman–Crippen MR) is 93.9 cm³/mol. The van der Waals surface area contributed by atoms with Crippen molar-refractivity contribution in [2.45, 2.75) is 64.0 Å². The molecule has 1 aromatic rings. The Hall–Kier alpha value is -1.46. The third-order valence-corrected chi connectivity index (χ3v) is 9.17. The van der Waals surface area contributed by atoms with Crippen molar-refractivity contribution in [1.82, 2.24) is 4.98 Å². The molecule has 0 N–H and O–H groups in total. The van der Waals surface area contributed by atoms with Gasteiger partial charge in [-0.05, 0) is 49.2 Å². The second-order valence-electron chi connectivity index (χ2n) is 7.54. The fraction of sp³-hybridized carbons (Fsp3) is 0.556. The molecule has 126 valence electrons. The van der Waals surface area contributed by atoms with Gasteiger partial charge in [0.05, 0.1) is 6.10 Å². The summed E-state index contributed by atoms with van der Waals surface area (Å²) in [5.74, 6) is -0.371. The van der Waals surface area contributed by atoms with E-state index in [1.165, 1.54) is 0 Å². The van der Waals surface area contributed by atoms with E-state index in [2.05, 4.69) is 38.8 Å². The minimum Gasteiger partial charge on any atom is -0.453 e. The zero-order valence-corrected chi connectivity index (χ0v) is 15.7. The summed E-state index contributed by atoms with van der Waals surface area (Å²) >= 11 is 0. The van der Waals surface area contributed by atoms with Crippen LogP contribution in [0, 0.1) is 0 Å². The normalized spacial score (nSPS) is 22.0. The molecule has 0 unspecified atom stereocenters. The minimum atomic E-state index is -1.77. The number of hydrogen-bond acceptors (Lipinski definition) is 4. The molecule has 0 fully saturated rings. The number of pyridine rings is 1. The second kappa shape index (κ2) is 6.97. The first-order chi connectivity index (χ1) is 10.7. The molecular weight excluding hydrogens is 306 g/mol. The van der Waals surface area contributed by atoms with Crippen LogP contribution in [-0.4, -0.2) is 31.5 Å². The van der Waals surface area contributed by atoms with E-state index in [4.69, 9.17) is 9.16 Å². The van der Waals surface area contributed by atoms with Gasteiger partial charge >= 0.3 is 5.97 Å². The summed E-state index contributed by atoms with van der Waals surface area (Å²) in [5.41, 5.74) is 0.348. The van der Waals surface area contributed by atoms with Crippen LogP contribution in [0.3, 0.4) is 0 Å². The third kappa shape index (κ3) is 4.75. The molecule has 1 aliphatic rings. The fourth-order valence-electron chi connectivity index (χ4n) is 2.20. The van der Waals surface area contributed by atoms with Crippen LogP contribution in [0.15, 0.2) is 36.5 Å². The van der Waals surface area contributed by atoms with Gasteiger partial charge in [-0.25, -0.2) is 9.78 Å². The predicted octanol–water partition coefficient (Wildman–Crippen LogP) is 4.35. The van der Waals surface area contributed by atoms with Gasteiger partial charge in [0.15, 0.2) is 8.32 Å². The van der Waals surface area contributed by atoms with Crippen LogP contribution in [-0.2, 0) is 9.16 Å². The van der Waals surface area contributed by atoms with Gasteiger partial charge in [0.2, 0.25) is 0 Å². The van der Waals surface area contributed by atoms with Crippen molar-refractivity contribution in [3.8, 4) is 0 Å². The van der Waals surface area contributed by atoms with Crippen LogP contribution >= 0.6 is 0 Å². The van der Waals surface area contributed by atoms with E-state index in [-0.39, 0.29) is 23.2 Å². The molecule has 0 radical (unpaired) electrons. The Morgan fingerprint density at radius 2 is 1.83 bits per heavy atom. The van der Waals surface area contributed by atoms with Gasteiger partial charge < -0.3 is 9.16 Å². The Kier molecular flexibility index (Phi) is 5.42. The first-order valence-electron chi connectivity index (χ1n) is 8.17. The van der Waals surface area contributed by atoms with E-state index >= 15 is 0 Å². The van der Waals surface area contributed by atoms with Crippen molar-refractivity contribution in [1.29, 1.82) is 0 Å². The van der Waals surface area contributed by atoms with Crippen LogP contribution in [0.1, 0.15) is 44.1 Å². The zero-order chi connectivity index (χ0) is 17.1. The maximum Gasteiger partial charge on any atom is 0.357 e. The van der Waals surface area contributed by atoms with Crippen molar-refractivity contribution in [2.75, 3.05) is 0 Å². The molecule has 2 atom stereocenters. The largest absolute Gasteiger partial charge is 0.453 e. The van der Waals surface area contributed by atoms with E-state index in [1.807, 2.05) is 12.2 Å². The van der Waals surface area contributed by atoms with Crippen molar-refractivity contribution in [2.24, 2.45) is 0 Å². The smallest absolute Gasteiger partial charge is 0.357 e. The fourth-order valence-corrected chi connectivity index (χ4v) is 3.51. The lowest BCUT2D eigenvalue weighted by atomic mass is 10.0. The molecule has 0 saturated heterocycles. The van der Waals surface area contributed by atoms with Gasteiger partial charge in [-0.15, -0.1) is 0 Å². The van der Waals surface area contributed by atoms with Gasteiger partial charge in [-0.3, -0.25) is 0 Å². The molecule has 0 saturated carbocycles. The molecule has 1 heterocycles. The van der Waals surface area contributed by atoms with Crippen molar-refractivity contribution < 1.29 is 14.0 Å². The van der Waals surface area contributed by atoms with Gasteiger partial charge in [0.1, 0.15) is 11.8 Å². The van der Waals surface area contributed by atoms with Gasteiger partial charge in [-0.1, -0.05) is 32.9 Å². The quantitative estimate of drug-likeness (QED) is 0.467. The number of carbonyl (C=O) groups excluding carboxylic acids is 1. The number of rotatable bonds is 4. The number of esters is 1. The lowest BCUT2D eigenvalue weighted by Crippen LogP contribution is -2.44. The van der Waals surface area contributed by atoms with Crippen molar-refractivity contribution >= 4 is 14.3 Å². The minimum absolute atomic E-state index is 0.126. The summed E-state index contributed by atoms with van der Waals surface area (Å²) in [7, 11) is -1.77. The summed E-state index contributed by atoms with van der Waals surface area (Å²) in [4.78, 5) is 16.0. The average Bonchev–Trinajstić information content (AvgIpc) is 2.48. The van der Waals surface area contributed by atoms with Crippen LogP contribution < -0.4 is 0 Å². The Labute approximate surface area is 140 Å². The van der Waals surface area contributed by atoms with Crippen molar-refractivity contribution in [3.63, 3.8) is 0 Å². The molecule has 0 aliphatic heterocycles. The van der Waals surface area contributed by atoms with E-state index < -0.39 is 8.32 Å². The molecule has 0 amide bonds. The Morgan fingerprint density at radius 1 is 1.17 bits per heavy atom. The number of hydrogen-bond donors (Lipinski definition) is 0. The molecular formula is C18H27NO3Si. The van der Waals surface area contributed by atoms with E-state index in [0.29, 0.717) is 5.69 Å². The summed E-state index contributed by atoms with van der Waals surface area (Å²) in [6, 6.07) is 5.22. The van der Waals surface area contributed by atoms with E-state index in [1.54, 1.807) is 24.4 Å². The number of carbonyl (C=O) groups is 1. The van der Waals surface area contributed by atoms with E-state index in [9.17, 15) is 4.79 Å². The highest BCUT2D eigenvalue weighted by molar-refractivity contribution is 6.74. The molecule has 1 aliphatic carbocycles. The number of aromatic nitrogens is 1. The number of nitrogens with zero attached hydrogens (tertiary/aromatic N) is 1. The van der Waals surface area contributed by atoms with Gasteiger partial charge in [0.25, 0.3) is 0 Å². The standard InChI is InChI=1S/C18H27NO3Si/c1-18(2,3)23(4,5)22-15-11-9-14(10-12-15)21-17(20)16-8-6-7-13-19-16/h6-9,11,13-15H,10,12H2,1-5H3/t14-,15+/m0/s1. The summed E-state index contributed by atoms with van der Waals surface area (Å²) in [6.07, 6.45) is 7.18. The third-order valence-electron chi connectivity index (χ3n) is 4.66. The van der Waals surface area contributed by atoms with Gasteiger partial charge in [-0.2, -0.15) is 0 Å². The molecule has 0 bridgehead atoms. The molecule has 23 heavy (non-hydrogen) atoms. The molecule has 2 rings (SSSR count). The molecule has 0 spiro atoms. The highest BCUT2D eigenvalue weighted by Gasteiger charge is 2.39. The van der Waals surface area contributed by atoms with Crippen LogP contribution in [0.5, 0.6) is 0 Å². The Balaban J connectivity index is 1.90. The lowest BCUT2D eigenvalue weighted by Gasteiger charge is -2.39. The average molecular weight is 334 g/mol. The maximum atomic E-state index is 12.0. The lowest BCUT2D eigenvalue weighted by molar-refractivity contribution is 0.0331. The highest BCUT2D eigenvalue weighted by Crippen LogP contribution is 2.38. The van der Waals surface area contributed by atoms with Crippen LogP contribution in [0.25, 0.3) is 0 Å². The van der Waals surface area contributed by atoms with Gasteiger partial charge in [0, 0.05) is 6.20 Å². The summed E-state index contributed by atoms with van der Waals surface area (Å²) < 4.78 is 11.9. The van der Waals surface area contributed by atoms with E-state index in [0.717, 1.165) is 12.8 Å². The first kappa shape index (κ1) is 17.9. The highest BCUT2D eigenvalue weighted by atomic mass is 28.4. The SMILES string of the molecule is CC(C)(C)[Si](C)(C)O[C@@H]1C=C[C@H](OC(=O)c2ccccn2)CC1. The first-order valence-corrected chi connectivity index (χ1v) is 11.1. The van der Waals surface area contributed by atoms with Crippen molar-refractivity contribution in [3.05, 3.63) is 42.2 Å². The molecule has 1 aromatic heterocycles.